The first-order valence-corrected chi connectivity index (χ1v) is 8.07. The molecule has 0 spiro atoms. The Kier molecular flexibility index (Phi) is 6.80. The standard InChI is InChI=1S/C15H23BrN2S/c1-4-11(5-2)10-18(6-3)14-8-7-12(15(17)19)9-13(14)16/h7-9,11H,4-6,10H2,1-3H3,(H2,17,19). The van der Waals surface area contributed by atoms with E-state index in [-0.39, 0.29) is 0 Å². The SMILES string of the molecule is CCC(CC)CN(CC)c1ccc(C(N)=S)cc1Br. The highest BCUT2D eigenvalue weighted by molar-refractivity contribution is 9.10. The van der Waals surface area contributed by atoms with Crippen LogP contribution in [-0.2, 0) is 0 Å². The van der Waals surface area contributed by atoms with E-state index in [4.69, 9.17) is 18.0 Å². The third-order valence-corrected chi connectivity index (χ3v) is 4.46. The fourth-order valence-electron chi connectivity index (χ4n) is 2.17. The number of anilines is 1. The van der Waals surface area contributed by atoms with Crippen LogP contribution < -0.4 is 10.6 Å². The van der Waals surface area contributed by atoms with Gasteiger partial charge < -0.3 is 10.6 Å². The first-order valence-electron chi connectivity index (χ1n) is 6.87. The van der Waals surface area contributed by atoms with Crippen LogP contribution in [0.1, 0.15) is 39.2 Å². The molecule has 0 aliphatic heterocycles. The van der Waals surface area contributed by atoms with Crippen molar-refractivity contribution in [3.8, 4) is 0 Å². The van der Waals surface area contributed by atoms with E-state index >= 15 is 0 Å². The van der Waals surface area contributed by atoms with Gasteiger partial charge in [-0.2, -0.15) is 0 Å². The van der Waals surface area contributed by atoms with Crippen molar-refractivity contribution in [3.63, 3.8) is 0 Å². The monoisotopic (exact) mass is 342 g/mol. The molecular formula is C15H23BrN2S. The second-order valence-corrected chi connectivity index (χ2v) is 6.05. The Hall–Kier alpha value is -0.610. The Morgan fingerprint density at radius 1 is 1.32 bits per heavy atom. The molecule has 2 N–H and O–H groups in total. The predicted molar refractivity (Wildman–Crippen MR) is 92.0 cm³/mol. The zero-order chi connectivity index (χ0) is 14.4. The van der Waals surface area contributed by atoms with Crippen molar-refractivity contribution in [2.24, 2.45) is 11.7 Å². The maximum atomic E-state index is 5.66. The molecule has 0 aromatic heterocycles. The number of benzene rings is 1. The summed E-state index contributed by atoms with van der Waals surface area (Å²) in [6, 6.07) is 6.11. The quantitative estimate of drug-likeness (QED) is 0.747. The minimum atomic E-state index is 0.440. The lowest BCUT2D eigenvalue weighted by atomic mass is 10.0. The van der Waals surface area contributed by atoms with E-state index in [1.54, 1.807) is 0 Å². The van der Waals surface area contributed by atoms with Gasteiger partial charge >= 0.3 is 0 Å². The van der Waals surface area contributed by atoms with Crippen molar-refractivity contribution in [1.29, 1.82) is 0 Å². The third kappa shape index (κ3) is 4.46. The van der Waals surface area contributed by atoms with Crippen LogP contribution in [0.15, 0.2) is 22.7 Å². The van der Waals surface area contributed by atoms with Crippen LogP contribution in [0.25, 0.3) is 0 Å². The summed E-state index contributed by atoms with van der Waals surface area (Å²) in [5.74, 6) is 0.738. The molecule has 0 atom stereocenters. The summed E-state index contributed by atoms with van der Waals surface area (Å²) in [6.45, 7) is 8.80. The lowest BCUT2D eigenvalue weighted by Gasteiger charge is -2.28. The molecule has 0 saturated heterocycles. The maximum Gasteiger partial charge on any atom is 0.104 e. The number of rotatable bonds is 7. The zero-order valence-electron chi connectivity index (χ0n) is 11.9. The van der Waals surface area contributed by atoms with Gasteiger partial charge in [0, 0.05) is 23.1 Å². The highest BCUT2D eigenvalue weighted by atomic mass is 79.9. The average Bonchev–Trinajstić information content (AvgIpc) is 2.41. The molecule has 0 radical (unpaired) electrons. The Bertz CT molecular complexity index is 430. The van der Waals surface area contributed by atoms with Crippen molar-refractivity contribution in [2.45, 2.75) is 33.6 Å². The molecule has 0 unspecified atom stereocenters. The van der Waals surface area contributed by atoms with Crippen molar-refractivity contribution < 1.29 is 0 Å². The largest absolute Gasteiger partial charge is 0.389 e. The lowest BCUT2D eigenvalue weighted by molar-refractivity contribution is 0.486. The fraction of sp³-hybridized carbons (Fsp3) is 0.533. The van der Waals surface area contributed by atoms with E-state index in [0.29, 0.717) is 4.99 Å². The summed E-state index contributed by atoms with van der Waals surface area (Å²) in [5.41, 5.74) is 7.79. The summed E-state index contributed by atoms with van der Waals surface area (Å²) in [4.78, 5) is 2.85. The molecule has 1 aromatic carbocycles. The molecule has 0 amide bonds. The van der Waals surface area contributed by atoms with Crippen LogP contribution in [0.4, 0.5) is 5.69 Å². The molecule has 2 nitrogen and oxygen atoms in total. The molecule has 0 aliphatic rings. The summed E-state index contributed by atoms with van der Waals surface area (Å²) < 4.78 is 1.06. The second kappa shape index (κ2) is 7.85. The molecule has 4 heteroatoms. The van der Waals surface area contributed by atoms with Gasteiger partial charge in [-0.3, -0.25) is 0 Å². The van der Waals surface area contributed by atoms with Crippen LogP contribution in [0.5, 0.6) is 0 Å². The molecular weight excluding hydrogens is 320 g/mol. The smallest absolute Gasteiger partial charge is 0.104 e. The highest BCUT2D eigenvalue weighted by Gasteiger charge is 2.13. The van der Waals surface area contributed by atoms with Gasteiger partial charge in [0.2, 0.25) is 0 Å². The van der Waals surface area contributed by atoms with Gasteiger partial charge in [0.1, 0.15) is 4.99 Å². The van der Waals surface area contributed by atoms with Crippen molar-refractivity contribution >= 4 is 38.8 Å². The first-order chi connectivity index (χ1) is 9.03. The molecule has 1 aromatic rings. The average molecular weight is 343 g/mol. The molecule has 1 rings (SSSR count). The molecule has 106 valence electrons. The van der Waals surface area contributed by atoms with Gasteiger partial charge in [-0.05, 0) is 47.0 Å². The lowest BCUT2D eigenvalue weighted by Crippen LogP contribution is -2.29. The van der Waals surface area contributed by atoms with Crippen LogP contribution in [-0.4, -0.2) is 18.1 Å². The molecule has 0 aliphatic carbocycles. The van der Waals surface area contributed by atoms with Crippen molar-refractivity contribution in [2.75, 3.05) is 18.0 Å². The Labute approximate surface area is 130 Å². The third-order valence-electron chi connectivity index (χ3n) is 3.59. The van der Waals surface area contributed by atoms with Gasteiger partial charge in [-0.1, -0.05) is 38.9 Å². The number of nitrogens with two attached hydrogens (primary N) is 1. The Morgan fingerprint density at radius 2 is 1.95 bits per heavy atom. The van der Waals surface area contributed by atoms with Crippen LogP contribution in [0.2, 0.25) is 0 Å². The number of thiocarbonyl (C=S) groups is 1. The predicted octanol–water partition coefficient (Wildman–Crippen LogP) is 4.35. The molecule has 0 bridgehead atoms. The van der Waals surface area contributed by atoms with Gasteiger partial charge in [0.05, 0.1) is 5.69 Å². The summed E-state index contributed by atoms with van der Waals surface area (Å²) >= 11 is 8.64. The minimum Gasteiger partial charge on any atom is -0.389 e. The van der Waals surface area contributed by atoms with Gasteiger partial charge in [-0.15, -0.1) is 0 Å². The van der Waals surface area contributed by atoms with Crippen LogP contribution >= 0.6 is 28.1 Å². The number of halogens is 1. The van der Waals surface area contributed by atoms with E-state index < -0.39 is 0 Å². The van der Waals surface area contributed by atoms with E-state index in [1.807, 2.05) is 12.1 Å². The van der Waals surface area contributed by atoms with Gasteiger partial charge in [-0.25, -0.2) is 0 Å². The normalized spacial score (nSPS) is 10.8. The molecule has 0 heterocycles. The Balaban J connectivity index is 2.95. The molecule has 0 fully saturated rings. The van der Waals surface area contributed by atoms with Gasteiger partial charge in [0.15, 0.2) is 0 Å². The zero-order valence-corrected chi connectivity index (χ0v) is 14.4. The summed E-state index contributed by atoms with van der Waals surface area (Å²) in [6.07, 6.45) is 2.44. The number of hydrogen-bond acceptors (Lipinski definition) is 2. The first kappa shape index (κ1) is 16.4. The molecule has 19 heavy (non-hydrogen) atoms. The van der Waals surface area contributed by atoms with Crippen molar-refractivity contribution in [3.05, 3.63) is 28.2 Å². The number of hydrogen-bond donors (Lipinski definition) is 1. The highest BCUT2D eigenvalue weighted by Crippen LogP contribution is 2.28. The summed E-state index contributed by atoms with van der Waals surface area (Å²) in [5, 5.41) is 0. The van der Waals surface area contributed by atoms with E-state index in [1.165, 1.54) is 18.5 Å². The summed E-state index contributed by atoms with van der Waals surface area (Å²) in [7, 11) is 0. The van der Waals surface area contributed by atoms with Crippen molar-refractivity contribution in [1.82, 2.24) is 0 Å². The second-order valence-electron chi connectivity index (χ2n) is 4.75. The number of nitrogens with zero attached hydrogens (tertiary/aromatic N) is 1. The Morgan fingerprint density at radius 3 is 2.37 bits per heavy atom. The minimum absolute atomic E-state index is 0.440. The molecule has 0 saturated carbocycles. The maximum absolute atomic E-state index is 5.66. The fourth-order valence-corrected chi connectivity index (χ4v) is 2.93. The van der Waals surface area contributed by atoms with Crippen LogP contribution in [0.3, 0.4) is 0 Å². The van der Waals surface area contributed by atoms with E-state index in [9.17, 15) is 0 Å². The van der Waals surface area contributed by atoms with Gasteiger partial charge in [0.25, 0.3) is 0 Å². The van der Waals surface area contributed by atoms with E-state index in [0.717, 1.165) is 29.0 Å². The van der Waals surface area contributed by atoms with Crippen LogP contribution in [0, 0.1) is 5.92 Å². The topological polar surface area (TPSA) is 29.3 Å². The van der Waals surface area contributed by atoms with E-state index in [2.05, 4.69) is 47.7 Å².